The Labute approximate surface area is 131 Å². The zero-order valence-corrected chi connectivity index (χ0v) is 12.9. The summed E-state index contributed by atoms with van der Waals surface area (Å²) in [5.74, 6) is -0.385. The SMILES string of the molecule is CCO/C=C1\OC(N(C)C)=C(c2cccc(C(F)(F)F)c2)C1=O. The number of carbonyl (C=O) groups is 1. The molecule has 0 saturated carbocycles. The number of benzene rings is 1. The van der Waals surface area contributed by atoms with Crippen LogP contribution in [-0.4, -0.2) is 31.4 Å². The molecule has 0 aromatic heterocycles. The number of allylic oxidation sites excluding steroid dienone is 1. The number of halogens is 3. The summed E-state index contributed by atoms with van der Waals surface area (Å²) >= 11 is 0. The highest BCUT2D eigenvalue weighted by molar-refractivity contribution is 6.30. The van der Waals surface area contributed by atoms with Crippen molar-refractivity contribution in [2.24, 2.45) is 0 Å². The van der Waals surface area contributed by atoms with Crippen LogP contribution in [-0.2, 0) is 20.4 Å². The van der Waals surface area contributed by atoms with Crippen LogP contribution < -0.4 is 0 Å². The van der Waals surface area contributed by atoms with Crippen LogP contribution in [0.1, 0.15) is 18.1 Å². The topological polar surface area (TPSA) is 38.8 Å². The minimum atomic E-state index is -4.48. The van der Waals surface area contributed by atoms with Crippen molar-refractivity contribution in [3.05, 3.63) is 53.3 Å². The first-order valence-corrected chi connectivity index (χ1v) is 6.89. The van der Waals surface area contributed by atoms with Crippen LogP contribution in [0.25, 0.3) is 5.57 Å². The Hall–Kier alpha value is -2.44. The Kier molecular flexibility index (Phi) is 4.68. The van der Waals surface area contributed by atoms with Crippen LogP contribution in [0.5, 0.6) is 0 Å². The molecule has 0 bridgehead atoms. The monoisotopic (exact) mass is 327 g/mol. The van der Waals surface area contributed by atoms with Crippen molar-refractivity contribution in [1.82, 2.24) is 4.90 Å². The Bertz CT molecular complexity index is 675. The van der Waals surface area contributed by atoms with Gasteiger partial charge in [0, 0.05) is 14.1 Å². The van der Waals surface area contributed by atoms with Gasteiger partial charge in [0.15, 0.2) is 0 Å². The van der Waals surface area contributed by atoms with Gasteiger partial charge in [0.25, 0.3) is 0 Å². The van der Waals surface area contributed by atoms with Crippen molar-refractivity contribution in [3.8, 4) is 0 Å². The van der Waals surface area contributed by atoms with Crippen molar-refractivity contribution >= 4 is 11.4 Å². The van der Waals surface area contributed by atoms with E-state index in [9.17, 15) is 18.0 Å². The molecule has 1 aromatic rings. The molecular weight excluding hydrogens is 311 g/mol. The lowest BCUT2D eigenvalue weighted by molar-refractivity contribution is -0.137. The number of nitrogens with zero attached hydrogens (tertiary/aromatic N) is 1. The number of hydrogen-bond donors (Lipinski definition) is 0. The highest BCUT2D eigenvalue weighted by atomic mass is 19.4. The maximum atomic E-state index is 12.9. The van der Waals surface area contributed by atoms with E-state index in [4.69, 9.17) is 9.47 Å². The van der Waals surface area contributed by atoms with Crippen LogP contribution >= 0.6 is 0 Å². The molecule has 124 valence electrons. The minimum Gasteiger partial charge on any atom is -0.497 e. The second-order valence-corrected chi connectivity index (χ2v) is 5.02. The third-order valence-electron chi connectivity index (χ3n) is 3.11. The standard InChI is InChI=1S/C16H16F3NO3/c1-4-22-9-12-14(21)13(15(23-12)20(2)3)10-6-5-7-11(8-10)16(17,18)19/h5-9H,4H2,1-3H3/b12-9-. The van der Waals surface area contributed by atoms with Crippen molar-refractivity contribution in [3.63, 3.8) is 0 Å². The molecule has 0 N–H and O–H groups in total. The zero-order valence-electron chi connectivity index (χ0n) is 12.9. The number of alkyl halides is 3. The van der Waals surface area contributed by atoms with Crippen LogP contribution in [0.3, 0.4) is 0 Å². The molecule has 0 saturated heterocycles. The summed E-state index contributed by atoms with van der Waals surface area (Å²) in [6.45, 7) is 2.08. The van der Waals surface area contributed by atoms with Gasteiger partial charge in [-0.3, -0.25) is 4.79 Å². The second-order valence-electron chi connectivity index (χ2n) is 5.02. The second kappa shape index (κ2) is 6.36. The first-order valence-electron chi connectivity index (χ1n) is 6.89. The summed E-state index contributed by atoms with van der Waals surface area (Å²) in [7, 11) is 3.28. The van der Waals surface area contributed by atoms with Gasteiger partial charge in [0.05, 0.1) is 17.7 Å². The average Bonchev–Trinajstić information content (AvgIpc) is 2.81. The number of Topliss-reactive ketones (excluding diaryl/α,β-unsaturated/α-hetero) is 1. The molecule has 1 aliphatic heterocycles. The fraction of sp³-hybridized carbons (Fsp3) is 0.312. The molecule has 0 fully saturated rings. The van der Waals surface area contributed by atoms with E-state index in [1.165, 1.54) is 23.3 Å². The first-order chi connectivity index (χ1) is 10.8. The van der Waals surface area contributed by atoms with Crippen LogP contribution in [0.4, 0.5) is 13.2 Å². The van der Waals surface area contributed by atoms with Gasteiger partial charge in [-0.15, -0.1) is 0 Å². The number of carbonyl (C=O) groups excluding carboxylic acids is 1. The normalized spacial score (nSPS) is 16.8. The third-order valence-corrected chi connectivity index (χ3v) is 3.11. The number of rotatable bonds is 4. The van der Waals surface area contributed by atoms with Gasteiger partial charge in [-0.25, -0.2) is 0 Å². The molecule has 0 aliphatic carbocycles. The lowest BCUT2D eigenvalue weighted by Crippen LogP contribution is -2.12. The molecule has 1 aliphatic rings. The predicted octanol–water partition coefficient (Wildman–Crippen LogP) is 3.41. The molecule has 0 unspecified atom stereocenters. The van der Waals surface area contributed by atoms with E-state index in [1.54, 1.807) is 21.0 Å². The van der Waals surface area contributed by atoms with Gasteiger partial charge in [0.1, 0.15) is 6.26 Å². The summed E-state index contributed by atoms with van der Waals surface area (Å²) < 4.78 is 49.1. The molecule has 23 heavy (non-hydrogen) atoms. The molecule has 2 rings (SSSR count). The highest BCUT2D eigenvalue weighted by Crippen LogP contribution is 2.36. The van der Waals surface area contributed by atoms with Crippen LogP contribution in [0, 0.1) is 0 Å². The summed E-state index contributed by atoms with van der Waals surface area (Å²) in [5, 5.41) is 0. The molecule has 1 aromatic carbocycles. The van der Waals surface area contributed by atoms with Crippen molar-refractivity contribution < 1.29 is 27.4 Å². The van der Waals surface area contributed by atoms with Gasteiger partial charge < -0.3 is 14.4 Å². The average molecular weight is 327 g/mol. The third kappa shape index (κ3) is 3.49. The van der Waals surface area contributed by atoms with Gasteiger partial charge >= 0.3 is 6.18 Å². The first kappa shape index (κ1) is 16.9. The number of ketones is 1. The molecule has 0 spiro atoms. The van der Waals surface area contributed by atoms with E-state index >= 15 is 0 Å². The Balaban J connectivity index is 2.50. The van der Waals surface area contributed by atoms with Crippen LogP contribution in [0.15, 0.2) is 42.2 Å². The largest absolute Gasteiger partial charge is 0.497 e. The van der Waals surface area contributed by atoms with E-state index in [0.717, 1.165) is 12.1 Å². The minimum absolute atomic E-state index is 0.0528. The van der Waals surface area contributed by atoms with Crippen molar-refractivity contribution in [1.29, 1.82) is 0 Å². The maximum Gasteiger partial charge on any atom is 0.416 e. The lowest BCUT2D eigenvalue weighted by atomic mass is 10.00. The lowest BCUT2D eigenvalue weighted by Gasteiger charge is -2.15. The molecular formula is C16H16F3NO3. The Morgan fingerprint density at radius 2 is 2.00 bits per heavy atom. The van der Waals surface area contributed by atoms with Crippen molar-refractivity contribution in [2.45, 2.75) is 13.1 Å². The number of ether oxygens (including phenoxy) is 2. The molecule has 0 amide bonds. The molecule has 0 atom stereocenters. The fourth-order valence-corrected chi connectivity index (χ4v) is 2.08. The van der Waals surface area contributed by atoms with Gasteiger partial charge in [0.2, 0.25) is 17.4 Å². The van der Waals surface area contributed by atoms with E-state index in [-0.39, 0.29) is 22.8 Å². The summed E-state index contributed by atoms with van der Waals surface area (Å²) in [5.41, 5.74) is -0.601. The summed E-state index contributed by atoms with van der Waals surface area (Å²) in [6.07, 6.45) is -3.31. The summed E-state index contributed by atoms with van der Waals surface area (Å²) in [4.78, 5) is 14.0. The van der Waals surface area contributed by atoms with Crippen molar-refractivity contribution in [2.75, 3.05) is 20.7 Å². The van der Waals surface area contributed by atoms with E-state index in [2.05, 4.69) is 0 Å². The summed E-state index contributed by atoms with van der Waals surface area (Å²) in [6, 6.07) is 4.59. The molecule has 1 heterocycles. The zero-order chi connectivity index (χ0) is 17.2. The Morgan fingerprint density at radius 1 is 1.30 bits per heavy atom. The highest BCUT2D eigenvalue weighted by Gasteiger charge is 2.36. The van der Waals surface area contributed by atoms with Gasteiger partial charge in [-0.1, -0.05) is 12.1 Å². The van der Waals surface area contributed by atoms with E-state index < -0.39 is 17.5 Å². The Morgan fingerprint density at radius 3 is 2.57 bits per heavy atom. The maximum absolute atomic E-state index is 12.9. The quantitative estimate of drug-likeness (QED) is 0.627. The molecule has 7 heteroatoms. The fourth-order valence-electron chi connectivity index (χ4n) is 2.08. The smallest absolute Gasteiger partial charge is 0.416 e. The number of hydrogen-bond acceptors (Lipinski definition) is 4. The van der Waals surface area contributed by atoms with E-state index in [1.807, 2.05) is 0 Å². The van der Waals surface area contributed by atoms with Gasteiger partial charge in [-0.2, -0.15) is 13.2 Å². The van der Waals surface area contributed by atoms with Gasteiger partial charge in [-0.05, 0) is 24.6 Å². The van der Waals surface area contributed by atoms with E-state index in [0.29, 0.717) is 6.61 Å². The molecule has 0 radical (unpaired) electrons. The molecule has 4 nitrogen and oxygen atoms in total. The predicted molar refractivity (Wildman–Crippen MR) is 77.9 cm³/mol. The van der Waals surface area contributed by atoms with Crippen LogP contribution in [0.2, 0.25) is 0 Å².